The highest BCUT2D eigenvalue weighted by Gasteiger charge is 2.23. The lowest BCUT2D eigenvalue weighted by atomic mass is 10.1. The molecule has 0 aromatic heterocycles. The number of hydrogen-bond donors (Lipinski definition) is 2. The predicted octanol–water partition coefficient (Wildman–Crippen LogP) is 5.15. The van der Waals surface area contributed by atoms with Gasteiger partial charge in [0.15, 0.2) is 0 Å². The quantitative estimate of drug-likeness (QED) is 0.264. The van der Waals surface area contributed by atoms with Crippen LogP contribution in [0.5, 0.6) is 0 Å². The van der Waals surface area contributed by atoms with Crippen LogP contribution in [0.1, 0.15) is 44.9 Å². The Morgan fingerprint density at radius 3 is 2.59 bits per heavy atom. The number of rotatable bonds is 13. The van der Waals surface area contributed by atoms with Gasteiger partial charge in [0.25, 0.3) is 0 Å². The van der Waals surface area contributed by atoms with E-state index in [9.17, 15) is 4.79 Å². The van der Waals surface area contributed by atoms with E-state index >= 15 is 0 Å². The summed E-state index contributed by atoms with van der Waals surface area (Å²) in [5.74, 6) is 0. The van der Waals surface area contributed by atoms with Crippen molar-refractivity contribution in [1.29, 1.82) is 0 Å². The van der Waals surface area contributed by atoms with Crippen molar-refractivity contribution < 1.29 is 9.53 Å². The van der Waals surface area contributed by atoms with Crippen molar-refractivity contribution in [2.75, 3.05) is 44.4 Å². The molecule has 1 aromatic rings. The molecule has 2 amide bonds. The molecule has 2 N–H and O–H groups in total. The second-order valence-electron chi connectivity index (χ2n) is 7.46. The molecule has 1 aliphatic rings. The van der Waals surface area contributed by atoms with Crippen LogP contribution in [0.25, 0.3) is 0 Å². The van der Waals surface area contributed by atoms with E-state index in [0.717, 1.165) is 64.2 Å². The monoisotopic (exact) mass is 419 g/mol. The van der Waals surface area contributed by atoms with E-state index < -0.39 is 0 Å². The van der Waals surface area contributed by atoms with Gasteiger partial charge in [-0.25, -0.2) is 4.79 Å². The lowest BCUT2D eigenvalue weighted by molar-refractivity contribution is 0.0141. The summed E-state index contributed by atoms with van der Waals surface area (Å²) in [6.07, 6.45) is 12.0. The Morgan fingerprint density at radius 1 is 1.17 bits per heavy atom. The highest BCUT2D eigenvalue weighted by Crippen LogP contribution is 2.19. The molecule has 0 radical (unpaired) electrons. The maximum Gasteiger partial charge on any atom is 0.321 e. The van der Waals surface area contributed by atoms with Crippen LogP contribution in [-0.4, -0.2) is 56.1 Å². The van der Waals surface area contributed by atoms with Crippen molar-refractivity contribution in [3.8, 4) is 0 Å². The number of thioether (sulfide) groups is 1. The van der Waals surface area contributed by atoms with Crippen molar-refractivity contribution >= 4 is 23.5 Å². The maximum atomic E-state index is 12.4. The van der Waals surface area contributed by atoms with Gasteiger partial charge in [0.2, 0.25) is 0 Å². The summed E-state index contributed by atoms with van der Waals surface area (Å²) in [4.78, 5) is 15.5. The van der Waals surface area contributed by atoms with Crippen LogP contribution < -0.4 is 10.6 Å². The number of carbonyl (C=O) groups excluding carboxylic acids is 1. The third-order valence-electron chi connectivity index (χ3n) is 5.20. The topological polar surface area (TPSA) is 53.6 Å². The first-order valence-electron chi connectivity index (χ1n) is 10.9. The molecule has 0 bridgehead atoms. The number of unbranched alkanes of at least 4 members (excludes halogenated alkanes) is 3. The fraction of sp³-hybridized carbons (Fsp3) is 0.609. The summed E-state index contributed by atoms with van der Waals surface area (Å²) in [5.41, 5.74) is 0.849. The first-order chi connectivity index (χ1) is 14.2. The normalized spacial score (nSPS) is 14.7. The summed E-state index contributed by atoms with van der Waals surface area (Å²) >= 11 is 1.70. The first-order valence-corrected chi connectivity index (χ1v) is 12.1. The van der Waals surface area contributed by atoms with Crippen LogP contribution in [0, 0.1) is 0 Å². The zero-order valence-electron chi connectivity index (χ0n) is 17.8. The summed E-state index contributed by atoms with van der Waals surface area (Å²) in [6, 6.07) is 7.95. The molecule has 0 atom stereocenters. The van der Waals surface area contributed by atoms with Crippen LogP contribution in [-0.2, 0) is 4.74 Å². The maximum absolute atomic E-state index is 12.4. The zero-order valence-corrected chi connectivity index (χ0v) is 18.6. The van der Waals surface area contributed by atoms with Crippen LogP contribution in [0.4, 0.5) is 10.5 Å². The van der Waals surface area contributed by atoms with Gasteiger partial charge < -0.3 is 20.3 Å². The summed E-state index contributed by atoms with van der Waals surface area (Å²) < 4.78 is 6.03. The third kappa shape index (κ3) is 9.70. The number of amides is 2. The number of piperidine rings is 1. The van der Waals surface area contributed by atoms with E-state index in [4.69, 9.17) is 4.74 Å². The number of anilines is 1. The molecule has 29 heavy (non-hydrogen) atoms. The lowest BCUT2D eigenvalue weighted by Crippen LogP contribution is -2.43. The molecule has 1 heterocycles. The number of carbonyl (C=O) groups is 1. The Hall–Kier alpha value is -1.50. The summed E-state index contributed by atoms with van der Waals surface area (Å²) in [6.45, 7) is 8.21. The van der Waals surface area contributed by atoms with E-state index in [2.05, 4.69) is 17.2 Å². The minimum absolute atomic E-state index is 0.0120. The van der Waals surface area contributed by atoms with Gasteiger partial charge in [-0.2, -0.15) is 0 Å². The highest BCUT2D eigenvalue weighted by molar-refractivity contribution is 7.98. The first kappa shape index (κ1) is 23.8. The molecule has 0 unspecified atom stereocenters. The number of nitrogens with zero attached hydrogens (tertiary/aromatic N) is 1. The lowest BCUT2D eigenvalue weighted by Gasteiger charge is -2.32. The number of nitrogens with one attached hydrogen (secondary N) is 2. The van der Waals surface area contributed by atoms with Gasteiger partial charge in [-0.15, -0.1) is 18.3 Å². The molecular formula is C23H37N3O2S. The minimum Gasteiger partial charge on any atom is -0.378 e. The van der Waals surface area contributed by atoms with Crippen molar-refractivity contribution in [2.45, 2.75) is 55.9 Å². The summed E-state index contributed by atoms with van der Waals surface area (Å²) in [7, 11) is 0. The van der Waals surface area contributed by atoms with Gasteiger partial charge in [-0.1, -0.05) is 18.9 Å². The molecule has 5 nitrogen and oxygen atoms in total. The number of urea groups is 1. The smallest absolute Gasteiger partial charge is 0.321 e. The van der Waals surface area contributed by atoms with Gasteiger partial charge >= 0.3 is 6.03 Å². The zero-order chi connectivity index (χ0) is 20.7. The van der Waals surface area contributed by atoms with E-state index in [-0.39, 0.29) is 6.03 Å². The Morgan fingerprint density at radius 2 is 1.90 bits per heavy atom. The summed E-state index contributed by atoms with van der Waals surface area (Å²) in [5, 5.41) is 6.41. The Kier molecular flexibility index (Phi) is 11.9. The second kappa shape index (κ2) is 14.5. The van der Waals surface area contributed by atoms with Crippen molar-refractivity contribution in [3.05, 3.63) is 36.9 Å². The average Bonchev–Trinajstić information content (AvgIpc) is 2.76. The number of ether oxygens (including phenoxy) is 1. The Balaban J connectivity index is 1.50. The average molecular weight is 420 g/mol. The van der Waals surface area contributed by atoms with E-state index in [1.165, 1.54) is 24.2 Å². The molecule has 0 aliphatic carbocycles. The molecule has 162 valence electrons. The molecule has 2 rings (SSSR count). The molecule has 1 fully saturated rings. The Bertz CT molecular complexity index is 586. The van der Waals surface area contributed by atoms with Crippen LogP contribution in [0.3, 0.4) is 0 Å². The fourth-order valence-corrected chi connectivity index (χ4v) is 3.80. The van der Waals surface area contributed by atoms with Gasteiger partial charge in [0.05, 0.1) is 6.10 Å². The van der Waals surface area contributed by atoms with Crippen molar-refractivity contribution in [2.24, 2.45) is 0 Å². The molecule has 0 saturated carbocycles. The highest BCUT2D eigenvalue weighted by atomic mass is 32.2. The minimum atomic E-state index is -0.0120. The second-order valence-corrected chi connectivity index (χ2v) is 8.34. The van der Waals surface area contributed by atoms with Gasteiger partial charge in [-0.05, 0) is 75.7 Å². The SMILES string of the molecule is C=CCCNCCCCCCOC1CCN(C(=O)Nc2ccc(SC)cc2)CC1. The van der Waals surface area contributed by atoms with E-state index in [1.54, 1.807) is 11.8 Å². The largest absolute Gasteiger partial charge is 0.378 e. The molecule has 1 saturated heterocycles. The molecule has 1 aromatic carbocycles. The molecule has 6 heteroatoms. The Labute approximate surface area is 180 Å². The van der Waals surface area contributed by atoms with Crippen LogP contribution in [0.2, 0.25) is 0 Å². The predicted molar refractivity (Wildman–Crippen MR) is 124 cm³/mol. The third-order valence-corrected chi connectivity index (χ3v) is 5.94. The molecular weight excluding hydrogens is 382 g/mol. The molecule has 0 spiro atoms. The molecule has 1 aliphatic heterocycles. The van der Waals surface area contributed by atoms with Crippen molar-refractivity contribution in [1.82, 2.24) is 10.2 Å². The van der Waals surface area contributed by atoms with E-state index in [0.29, 0.717) is 6.10 Å². The fourth-order valence-electron chi connectivity index (χ4n) is 3.39. The number of hydrogen-bond acceptors (Lipinski definition) is 4. The van der Waals surface area contributed by atoms with Crippen molar-refractivity contribution in [3.63, 3.8) is 0 Å². The van der Waals surface area contributed by atoms with Crippen LogP contribution in [0.15, 0.2) is 41.8 Å². The number of benzene rings is 1. The standard InChI is InChI=1S/C23H37N3O2S/c1-3-4-15-24-16-7-5-6-8-19-28-21-13-17-26(18-14-21)23(27)25-20-9-11-22(29-2)12-10-20/h3,9-12,21,24H,1,4-8,13-19H2,2H3,(H,25,27). The number of likely N-dealkylation sites (tertiary alicyclic amines) is 1. The van der Waals surface area contributed by atoms with E-state index in [1.807, 2.05) is 41.5 Å². The van der Waals surface area contributed by atoms with Gasteiger partial charge in [0, 0.05) is 30.3 Å². The van der Waals surface area contributed by atoms with Gasteiger partial charge in [0.1, 0.15) is 0 Å². The van der Waals surface area contributed by atoms with Gasteiger partial charge in [-0.3, -0.25) is 0 Å². The van der Waals surface area contributed by atoms with Crippen LogP contribution >= 0.6 is 11.8 Å².